The fraction of sp³-hybridized carbons (Fsp3) is 0.767. The molecule has 1 amide bonds. The van der Waals surface area contributed by atoms with E-state index in [1.807, 2.05) is 43.3 Å². The number of carbonyl (C=O) groups excluding carboxylic acids is 2. The summed E-state index contributed by atoms with van der Waals surface area (Å²) in [4.78, 5) is 39.2. The molecule has 9 fully saturated rings. The minimum absolute atomic E-state index is 0.0284. The van der Waals surface area contributed by atoms with Crippen LogP contribution in [0, 0.1) is 65.3 Å². The normalized spacial score (nSPS) is 34.5. The molecule has 0 radical (unpaired) electrons. The van der Waals surface area contributed by atoms with Crippen LogP contribution in [-0.4, -0.2) is 116 Å². The number of cyclic esters (lactones) is 1. The maximum Gasteiger partial charge on any atom is 0.326 e. The number of rotatable bonds is 13. The quantitative estimate of drug-likeness (QED) is 0.0726. The number of ether oxygens (including phenoxy) is 1. The maximum atomic E-state index is 14.1. The summed E-state index contributed by atoms with van der Waals surface area (Å²) in [6.45, 7) is 41.1. The molecule has 14 nitrogen and oxygen atoms in total. The van der Waals surface area contributed by atoms with Crippen LogP contribution >= 0.6 is 45.2 Å². The standard InChI is InChI=1S/C30H49IN2O5Si.C20H30INO5Si.C10H19N/c1-17-21-13-20(30(21,6)7)14-23(17)32-28(36)26-25(18(2)34)24(16-37-39(8,9)29(3,4)5)38-33(26)15-19-11-10-12-22(31)27(19)35;1-12-16-15(11-25-28(5,6)20(2,3)4)27-22(17(16)19(24)26-12)10-13-8-7-9-14(21)18(13)23;1-6-8-4-7(5-9(6)11)10(8,2)3/h10-12,17-18,20-21,23-26,34-35H,13-16H2,1-9H3,(H,32,36);7-9,12,15-17,23H,10-11H2,1-6H3;6-9H,4-5,11H2,1-3H3/t17-,18-,20+,21-,23?,24-,25+,26-;12-,15-,16+,17-;6-,7+,8?,9-/m000/s1. The highest BCUT2D eigenvalue weighted by Gasteiger charge is 2.60. The third-order valence-electron chi connectivity index (χ3n) is 21.4. The van der Waals surface area contributed by atoms with Crippen molar-refractivity contribution in [2.24, 2.45) is 63.9 Å². The summed E-state index contributed by atoms with van der Waals surface area (Å²) in [6.07, 6.45) is 3.22. The summed E-state index contributed by atoms with van der Waals surface area (Å²) in [5, 5.41) is 39.0. The van der Waals surface area contributed by atoms with E-state index >= 15 is 0 Å². The molecule has 6 N–H and O–H groups in total. The Morgan fingerprint density at radius 2 is 1.23 bits per heavy atom. The van der Waals surface area contributed by atoms with Crippen molar-refractivity contribution < 1.29 is 48.2 Å². The molecule has 440 valence electrons. The Hall–Kier alpha value is -1.45. The van der Waals surface area contributed by atoms with Gasteiger partial charge in [0.1, 0.15) is 41.9 Å². The molecule has 6 aliphatic carbocycles. The van der Waals surface area contributed by atoms with Gasteiger partial charge >= 0.3 is 5.97 Å². The molecular weight excluding hydrogens is 1250 g/mol. The summed E-state index contributed by atoms with van der Waals surface area (Å²) in [7, 11) is -4.01. The third-order valence-corrected chi connectivity index (χ3v) is 32.1. The van der Waals surface area contributed by atoms with Crippen molar-refractivity contribution in [3.05, 3.63) is 54.7 Å². The zero-order chi connectivity index (χ0) is 58.2. The van der Waals surface area contributed by atoms with Crippen LogP contribution in [0.15, 0.2) is 36.4 Å². The number of aliphatic hydroxyl groups is 1. The van der Waals surface area contributed by atoms with Gasteiger partial charge in [-0.25, -0.2) is 0 Å². The Kier molecular flexibility index (Phi) is 19.6. The van der Waals surface area contributed by atoms with Crippen molar-refractivity contribution in [2.45, 2.75) is 221 Å². The minimum Gasteiger partial charge on any atom is -0.507 e. The number of nitrogens with one attached hydrogen (secondary N) is 1. The number of halogens is 2. The zero-order valence-electron chi connectivity index (χ0n) is 50.3. The van der Waals surface area contributed by atoms with Crippen molar-refractivity contribution in [3.63, 3.8) is 0 Å². The van der Waals surface area contributed by atoms with Crippen LogP contribution in [0.25, 0.3) is 0 Å². The first-order valence-corrected chi connectivity index (χ1v) is 36.9. The van der Waals surface area contributed by atoms with E-state index in [0.29, 0.717) is 59.9 Å². The highest BCUT2D eigenvalue weighted by Crippen LogP contribution is 2.62. The summed E-state index contributed by atoms with van der Waals surface area (Å²) in [5.74, 6) is 3.72. The number of hydrogen-bond acceptors (Lipinski definition) is 13. The van der Waals surface area contributed by atoms with Gasteiger partial charge in [-0.15, -0.1) is 0 Å². The first-order valence-electron chi connectivity index (χ1n) is 28.9. The molecule has 6 saturated carbocycles. The second-order valence-electron chi connectivity index (χ2n) is 28.7. The molecule has 4 bridgehead atoms. The molecule has 3 heterocycles. The number of hydrogen-bond donors (Lipinski definition) is 5. The van der Waals surface area contributed by atoms with Gasteiger partial charge < -0.3 is 40.0 Å². The molecule has 0 aromatic heterocycles. The van der Waals surface area contributed by atoms with Gasteiger partial charge in [0.05, 0.1) is 45.5 Å². The van der Waals surface area contributed by atoms with E-state index in [1.165, 1.54) is 19.3 Å². The second-order valence-corrected chi connectivity index (χ2v) is 40.6. The molecule has 2 unspecified atom stereocenters. The first kappa shape index (κ1) is 64.1. The maximum absolute atomic E-state index is 14.1. The molecule has 0 spiro atoms. The lowest BCUT2D eigenvalue weighted by Crippen LogP contribution is -2.62. The van der Waals surface area contributed by atoms with Crippen LogP contribution in [0.5, 0.6) is 11.5 Å². The largest absolute Gasteiger partial charge is 0.507 e. The Morgan fingerprint density at radius 1 is 0.769 bits per heavy atom. The molecule has 18 heteroatoms. The number of esters is 1. The van der Waals surface area contributed by atoms with Gasteiger partial charge in [-0.2, -0.15) is 10.1 Å². The Bertz CT molecular complexity index is 2450. The molecule has 3 aliphatic heterocycles. The van der Waals surface area contributed by atoms with Crippen molar-refractivity contribution in [3.8, 4) is 11.5 Å². The smallest absolute Gasteiger partial charge is 0.326 e. The van der Waals surface area contributed by atoms with Crippen LogP contribution in [0.3, 0.4) is 0 Å². The highest BCUT2D eigenvalue weighted by molar-refractivity contribution is 14.1. The van der Waals surface area contributed by atoms with Gasteiger partial charge in [0.25, 0.3) is 0 Å². The van der Waals surface area contributed by atoms with Gasteiger partial charge in [-0.3, -0.25) is 19.3 Å². The zero-order valence-corrected chi connectivity index (χ0v) is 56.6. The predicted octanol–water partition coefficient (Wildman–Crippen LogP) is 11.8. The van der Waals surface area contributed by atoms with Crippen molar-refractivity contribution >= 4 is 73.7 Å². The topological polar surface area (TPSA) is 186 Å². The van der Waals surface area contributed by atoms with E-state index in [2.05, 4.69) is 160 Å². The number of amides is 1. The number of nitrogens with two attached hydrogens (primary N) is 1. The van der Waals surface area contributed by atoms with E-state index in [4.69, 9.17) is 29.0 Å². The van der Waals surface area contributed by atoms with E-state index in [9.17, 15) is 24.9 Å². The lowest BCUT2D eigenvalue weighted by molar-refractivity contribution is -0.195. The van der Waals surface area contributed by atoms with E-state index in [0.717, 1.165) is 36.9 Å². The highest BCUT2D eigenvalue weighted by atomic mass is 127. The van der Waals surface area contributed by atoms with Gasteiger partial charge in [0.15, 0.2) is 16.6 Å². The van der Waals surface area contributed by atoms with Crippen LogP contribution in [0.4, 0.5) is 0 Å². The fourth-order valence-corrected chi connectivity index (χ4v) is 16.7. The Morgan fingerprint density at radius 3 is 1.68 bits per heavy atom. The van der Waals surface area contributed by atoms with Crippen molar-refractivity contribution in [1.29, 1.82) is 0 Å². The van der Waals surface area contributed by atoms with Gasteiger partial charge in [-0.05, 0) is 179 Å². The number of nitrogens with zero attached hydrogens (tertiary/aromatic N) is 2. The van der Waals surface area contributed by atoms with Crippen molar-refractivity contribution in [1.82, 2.24) is 15.4 Å². The van der Waals surface area contributed by atoms with Crippen LogP contribution in [0.2, 0.25) is 36.3 Å². The summed E-state index contributed by atoms with van der Waals surface area (Å²) in [6, 6.07) is 10.6. The summed E-state index contributed by atoms with van der Waals surface area (Å²) in [5.41, 5.74) is 8.37. The monoisotopic (exact) mass is 1340 g/mol. The van der Waals surface area contributed by atoms with Gasteiger partial charge in [0, 0.05) is 29.1 Å². The SMILES string of the molecule is C[C@@H]1OC(=O)[C@@H]2[C@H]1[C@H](CO[Si](C)(C)C(C)(C)C)ON2Cc1cccc(I)c1O.C[C@H](O)[C@@H]1[C@H](CO[Si](C)(C)C(C)(C)C)ON(Cc2cccc(I)c2O)[C@@H]1C(=O)NC1C[C@H]2C[C@@H]([C@@H]1C)C2(C)C.C[C@H]1C2C[C@H](C[C@@H]1N)C2(C)C. The number of phenolic OH excluding ortho intramolecular Hbond substituents is 2. The number of aromatic hydroxyl groups is 2. The minimum atomic E-state index is -2.08. The van der Waals surface area contributed by atoms with Gasteiger partial charge in [-0.1, -0.05) is 107 Å². The lowest BCUT2D eigenvalue weighted by atomic mass is 9.45. The van der Waals surface area contributed by atoms with Crippen molar-refractivity contribution in [2.75, 3.05) is 13.2 Å². The molecule has 9 aliphatic rings. The van der Waals surface area contributed by atoms with E-state index < -0.39 is 46.8 Å². The number of fused-ring (bicyclic) bond motifs is 5. The van der Waals surface area contributed by atoms with Gasteiger partial charge in [0.2, 0.25) is 5.91 Å². The number of benzene rings is 2. The number of para-hydroxylation sites is 2. The fourth-order valence-electron chi connectivity index (χ4n) is 13.5. The Balaban J connectivity index is 0.000000195. The number of phenols is 2. The molecule has 3 saturated heterocycles. The molecule has 11 rings (SSSR count). The first-order chi connectivity index (χ1) is 35.9. The Labute approximate surface area is 497 Å². The summed E-state index contributed by atoms with van der Waals surface area (Å²) < 4.78 is 19.9. The summed E-state index contributed by atoms with van der Waals surface area (Å²) >= 11 is 4.20. The van der Waals surface area contributed by atoms with Crippen LogP contribution in [0.1, 0.15) is 134 Å². The average Bonchev–Trinajstić information content (AvgIpc) is 4.06. The van der Waals surface area contributed by atoms with Crippen LogP contribution in [-0.2, 0) is 45.9 Å². The third kappa shape index (κ3) is 12.9. The van der Waals surface area contributed by atoms with E-state index in [1.54, 1.807) is 17.1 Å². The second kappa shape index (κ2) is 23.9. The average molecular weight is 1350 g/mol. The number of aliphatic hydroxyl groups excluding tert-OH is 1. The molecule has 2 aromatic carbocycles. The molecule has 2 aromatic rings. The molecule has 78 heavy (non-hydrogen) atoms. The molecule has 16 atom stereocenters. The number of hydroxylamine groups is 4. The molecular formula is C60H98I2N4O10Si2. The lowest BCUT2D eigenvalue weighted by Gasteiger charge is -2.62. The number of carbonyl (C=O) groups is 2. The van der Waals surface area contributed by atoms with E-state index in [-0.39, 0.29) is 64.2 Å². The predicted molar refractivity (Wildman–Crippen MR) is 329 cm³/mol. The van der Waals surface area contributed by atoms with Crippen LogP contribution < -0.4 is 11.1 Å².